The Kier molecular flexibility index (Phi) is 6.66. The number of rotatable bonds is 8. The number of hydrogen-bond acceptors (Lipinski definition) is 7. The van der Waals surface area contributed by atoms with Crippen LogP contribution in [0.15, 0.2) is 52.3 Å². The first-order valence-electron chi connectivity index (χ1n) is 8.66. The Morgan fingerprint density at radius 3 is 2.28 bits per heavy atom. The van der Waals surface area contributed by atoms with Gasteiger partial charge < -0.3 is 4.18 Å². The Hall–Kier alpha value is -2.50. The summed E-state index contributed by atoms with van der Waals surface area (Å²) < 4.78 is 56.2. The lowest BCUT2D eigenvalue weighted by molar-refractivity contribution is -0.388. The van der Waals surface area contributed by atoms with Crippen LogP contribution in [-0.2, 0) is 20.1 Å². The maximum atomic E-state index is 12.8. The van der Waals surface area contributed by atoms with E-state index in [1.807, 2.05) is 13.8 Å². The van der Waals surface area contributed by atoms with Crippen LogP contribution in [0.4, 0.5) is 5.69 Å². The summed E-state index contributed by atoms with van der Waals surface area (Å²) in [5, 5.41) is 11.5. The third kappa shape index (κ3) is 4.74. The van der Waals surface area contributed by atoms with E-state index in [0.29, 0.717) is 11.6 Å². The smallest absolute Gasteiger partial charge is 0.346 e. The van der Waals surface area contributed by atoms with Crippen molar-refractivity contribution in [3.8, 4) is 5.75 Å². The Balaban J connectivity index is 2.58. The van der Waals surface area contributed by atoms with Gasteiger partial charge in [-0.05, 0) is 36.1 Å². The summed E-state index contributed by atoms with van der Waals surface area (Å²) in [7, 11) is -6.04. The largest absolute Gasteiger partial charge is 0.378 e. The number of nitro benzene ring substituents is 1. The average molecular weight is 443 g/mol. The molecule has 0 aliphatic heterocycles. The van der Waals surface area contributed by atoms with Crippen LogP contribution >= 0.6 is 0 Å². The summed E-state index contributed by atoms with van der Waals surface area (Å²) >= 11 is 0. The molecule has 0 heterocycles. The highest BCUT2D eigenvalue weighted by molar-refractivity contribution is 7.89. The molecule has 0 aliphatic rings. The molecule has 0 spiro atoms. The molecule has 0 amide bonds. The molecule has 0 radical (unpaired) electrons. The van der Waals surface area contributed by atoms with E-state index in [2.05, 4.69) is 0 Å². The van der Waals surface area contributed by atoms with Crippen molar-refractivity contribution in [3.63, 3.8) is 0 Å². The molecule has 0 fully saturated rings. The van der Waals surface area contributed by atoms with Crippen molar-refractivity contribution in [2.45, 2.75) is 36.0 Å². The van der Waals surface area contributed by atoms with Crippen molar-refractivity contribution < 1.29 is 25.9 Å². The molecule has 0 N–H and O–H groups in total. The summed E-state index contributed by atoms with van der Waals surface area (Å²) in [5.74, 6) is 0.0742. The first-order chi connectivity index (χ1) is 13.4. The zero-order valence-corrected chi connectivity index (χ0v) is 18.0. The third-order valence-electron chi connectivity index (χ3n) is 4.44. The summed E-state index contributed by atoms with van der Waals surface area (Å²) in [4.78, 5) is 9.40. The predicted octanol–water partition coefficient (Wildman–Crippen LogP) is 3.13. The lowest BCUT2D eigenvalue weighted by Gasteiger charge is -2.16. The lowest BCUT2D eigenvalue weighted by Crippen LogP contribution is -2.22. The topological polar surface area (TPSA) is 124 Å². The van der Waals surface area contributed by atoms with Crippen molar-refractivity contribution in [2.75, 3.05) is 14.1 Å². The summed E-state index contributed by atoms with van der Waals surface area (Å²) in [5.41, 5.74) is -0.234. The van der Waals surface area contributed by atoms with Gasteiger partial charge in [0.15, 0.2) is 4.90 Å². The van der Waals surface area contributed by atoms with Gasteiger partial charge in [-0.25, -0.2) is 12.7 Å². The lowest BCUT2D eigenvalue weighted by atomic mass is 9.98. The van der Waals surface area contributed by atoms with Gasteiger partial charge in [0.05, 0.1) is 9.82 Å². The molecular weight excluding hydrogens is 420 g/mol. The second-order valence-electron chi connectivity index (χ2n) is 6.56. The van der Waals surface area contributed by atoms with Crippen LogP contribution in [0.25, 0.3) is 0 Å². The van der Waals surface area contributed by atoms with Gasteiger partial charge in [-0.1, -0.05) is 32.0 Å². The zero-order valence-electron chi connectivity index (χ0n) is 16.4. The minimum absolute atomic E-state index is 0.00370. The van der Waals surface area contributed by atoms with Crippen molar-refractivity contribution in [3.05, 3.63) is 58.1 Å². The molecule has 0 saturated carbocycles. The van der Waals surface area contributed by atoms with Gasteiger partial charge in [-0.3, -0.25) is 10.1 Å². The van der Waals surface area contributed by atoms with Crippen LogP contribution in [0.2, 0.25) is 0 Å². The quantitative estimate of drug-likeness (QED) is 0.349. The number of nitro groups is 1. The van der Waals surface area contributed by atoms with E-state index in [9.17, 15) is 26.9 Å². The van der Waals surface area contributed by atoms with E-state index in [-0.39, 0.29) is 11.7 Å². The highest BCUT2D eigenvalue weighted by Gasteiger charge is 2.31. The van der Waals surface area contributed by atoms with Gasteiger partial charge in [0.1, 0.15) is 5.75 Å². The van der Waals surface area contributed by atoms with Crippen LogP contribution in [-0.4, -0.2) is 40.2 Å². The average Bonchev–Trinajstić information content (AvgIpc) is 2.66. The Morgan fingerprint density at radius 2 is 1.72 bits per heavy atom. The van der Waals surface area contributed by atoms with E-state index in [1.54, 1.807) is 18.2 Å². The zero-order chi connectivity index (χ0) is 22.0. The Bertz CT molecular complexity index is 1130. The molecule has 0 aromatic heterocycles. The van der Waals surface area contributed by atoms with Crippen molar-refractivity contribution in [2.24, 2.45) is 0 Å². The number of hydrogen-bond donors (Lipinski definition) is 0. The summed E-state index contributed by atoms with van der Waals surface area (Å²) in [6, 6.07) is 9.11. The van der Waals surface area contributed by atoms with Gasteiger partial charge >= 0.3 is 10.1 Å². The van der Waals surface area contributed by atoms with Crippen LogP contribution in [0.1, 0.15) is 31.7 Å². The van der Waals surface area contributed by atoms with Crippen LogP contribution < -0.4 is 4.18 Å². The fourth-order valence-corrected chi connectivity index (χ4v) is 4.59. The monoisotopic (exact) mass is 442 g/mol. The maximum Gasteiger partial charge on any atom is 0.346 e. The normalized spacial score (nSPS) is 13.3. The minimum Gasteiger partial charge on any atom is -0.378 e. The minimum atomic E-state index is -4.59. The number of sulfonamides is 1. The van der Waals surface area contributed by atoms with Gasteiger partial charge in [-0.15, -0.1) is 0 Å². The predicted molar refractivity (Wildman–Crippen MR) is 107 cm³/mol. The van der Waals surface area contributed by atoms with E-state index in [4.69, 9.17) is 4.18 Å². The molecule has 11 heteroatoms. The van der Waals surface area contributed by atoms with Crippen LogP contribution in [0.5, 0.6) is 5.75 Å². The molecule has 0 bridgehead atoms. The molecule has 2 aromatic rings. The highest BCUT2D eigenvalue weighted by atomic mass is 32.2. The van der Waals surface area contributed by atoms with Crippen molar-refractivity contribution in [1.29, 1.82) is 0 Å². The van der Waals surface area contributed by atoms with E-state index in [0.717, 1.165) is 22.9 Å². The summed E-state index contributed by atoms with van der Waals surface area (Å²) in [6.45, 7) is 3.84. The Labute approximate surface area is 170 Å². The Morgan fingerprint density at radius 1 is 1.10 bits per heavy atom. The van der Waals surface area contributed by atoms with Gasteiger partial charge in [0.2, 0.25) is 10.0 Å². The molecule has 0 saturated heterocycles. The van der Waals surface area contributed by atoms with Crippen LogP contribution in [0.3, 0.4) is 0 Å². The number of benzene rings is 2. The van der Waals surface area contributed by atoms with Gasteiger partial charge in [0.25, 0.3) is 5.69 Å². The maximum absolute atomic E-state index is 12.8. The second kappa shape index (κ2) is 8.47. The molecule has 9 nitrogen and oxygen atoms in total. The molecule has 1 atom stereocenters. The number of para-hydroxylation sites is 1. The molecule has 29 heavy (non-hydrogen) atoms. The first kappa shape index (κ1) is 22.8. The van der Waals surface area contributed by atoms with Crippen molar-refractivity contribution in [1.82, 2.24) is 4.31 Å². The molecule has 0 aliphatic carbocycles. The van der Waals surface area contributed by atoms with Crippen LogP contribution in [0, 0.1) is 10.1 Å². The molecular formula is C18H22N2O7S2. The standard InChI is InChI=1S/C18H22N2O7S2/c1-5-13(2)15-8-6-7-9-17(15)27-29(25,26)18-11-10-14(12-16(18)20(21)22)28(23,24)19(3)4/h6-13H,5H2,1-4H3/t13-/m1/s1. The van der Waals surface area contributed by atoms with Gasteiger partial charge in [-0.2, -0.15) is 8.42 Å². The van der Waals surface area contributed by atoms with Gasteiger partial charge in [0, 0.05) is 20.2 Å². The highest BCUT2D eigenvalue weighted by Crippen LogP contribution is 2.33. The SMILES string of the molecule is CC[C@@H](C)c1ccccc1OS(=O)(=O)c1ccc(S(=O)(=O)N(C)C)cc1[N+](=O)[O-]. The third-order valence-corrected chi connectivity index (χ3v) is 7.53. The first-order valence-corrected chi connectivity index (χ1v) is 11.5. The summed E-state index contributed by atoms with van der Waals surface area (Å²) in [6.07, 6.45) is 0.734. The number of nitrogens with zero attached hydrogens (tertiary/aromatic N) is 2. The van der Waals surface area contributed by atoms with E-state index < -0.39 is 40.5 Å². The van der Waals surface area contributed by atoms with E-state index >= 15 is 0 Å². The second-order valence-corrected chi connectivity index (χ2v) is 10.2. The van der Waals surface area contributed by atoms with E-state index in [1.165, 1.54) is 20.2 Å². The molecule has 158 valence electrons. The molecule has 0 unspecified atom stereocenters. The molecule has 2 aromatic carbocycles. The van der Waals surface area contributed by atoms with Crippen molar-refractivity contribution >= 4 is 25.8 Å². The molecule has 2 rings (SSSR count). The fourth-order valence-electron chi connectivity index (χ4n) is 2.57. The fraction of sp³-hybridized carbons (Fsp3) is 0.333.